The monoisotopic (exact) mass is 463 g/mol. The van der Waals surface area contributed by atoms with Gasteiger partial charge in [-0.25, -0.2) is 4.79 Å². The van der Waals surface area contributed by atoms with Crippen molar-refractivity contribution in [2.24, 2.45) is 0 Å². The van der Waals surface area contributed by atoms with E-state index in [2.05, 4.69) is 55.9 Å². The zero-order valence-electron chi connectivity index (χ0n) is 20.0. The first kappa shape index (κ1) is 24.5. The summed E-state index contributed by atoms with van der Waals surface area (Å²) < 4.78 is 17.7. The molecule has 2 aliphatic rings. The highest BCUT2D eigenvalue weighted by atomic mass is 28.4. The van der Waals surface area contributed by atoms with Gasteiger partial charge in [-0.05, 0) is 42.8 Å². The van der Waals surface area contributed by atoms with E-state index in [4.69, 9.17) is 13.9 Å². The van der Waals surface area contributed by atoms with Crippen LogP contribution in [0.2, 0.25) is 18.1 Å². The predicted octanol–water partition coefficient (Wildman–Crippen LogP) is 3.69. The van der Waals surface area contributed by atoms with Gasteiger partial charge in [-0.1, -0.05) is 26.8 Å². The predicted molar refractivity (Wildman–Crippen MR) is 126 cm³/mol. The first-order valence-corrected chi connectivity index (χ1v) is 14.3. The molecular weight excluding hydrogens is 426 g/mol. The molecule has 8 nitrogen and oxygen atoms in total. The molecule has 1 fully saturated rings. The van der Waals surface area contributed by atoms with Crippen LogP contribution in [-0.2, 0) is 25.2 Å². The lowest BCUT2D eigenvalue weighted by Gasteiger charge is -2.47. The molecule has 178 valence electrons. The summed E-state index contributed by atoms with van der Waals surface area (Å²) in [5, 5.41) is 9.08. The van der Waals surface area contributed by atoms with Crippen LogP contribution in [0.5, 0.6) is 0 Å². The van der Waals surface area contributed by atoms with Gasteiger partial charge in [0.05, 0.1) is 31.5 Å². The Morgan fingerprint density at radius 3 is 2.69 bits per heavy atom. The van der Waals surface area contributed by atoms with Gasteiger partial charge in [0, 0.05) is 24.2 Å². The van der Waals surface area contributed by atoms with Crippen LogP contribution in [0.1, 0.15) is 51.3 Å². The molecule has 0 saturated carbocycles. The van der Waals surface area contributed by atoms with Gasteiger partial charge in [-0.15, -0.1) is 0 Å². The zero-order chi connectivity index (χ0) is 23.5. The van der Waals surface area contributed by atoms with Crippen LogP contribution in [-0.4, -0.2) is 52.2 Å². The fourth-order valence-electron chi connectivity index (χ4n) is 3.75. The molecule has 0 radical (unpaired) electrons. The van der Waals surface area contributed by atoms with E-state index in [1.807, 2.05) is 12.1 Å². The highest BCUT2D eigenvalue weighted by molar-refractivity contribution is 6.74. The number of hydrogen-bond donors (Lipinski definition) is 3. The molecule has 0 aliphatic carbocycles. The molecule has 1 aromatic rings. The molecule has 3 rings (SSSR count). The zero-order valence-corrected chi connectivity index (χ0v) is 21.0. The fourth-order valence-corrected chi connectivity index (χ4v) is 5.09. The number of amides is 2. The molecular formula is C23H37N3O5Si. The molecule has 9 heteroatoms. The summed E-state index contributed by atoms with van der Waals surface area (Å²) in [4.78, 5) is 23.3. The Labute approximate surface area is 191 Å². The van der Waals surface area contributed by atoms with Crippen LogP contribution in [0.25, 0.3) is 0 Å². The molecule has 1 aromatic carbocycles. The lowest BCUT2D eigenvalue weighted by atomic mass is 9.89. The number of anilines is 1. The Kier molecular flexibility index (Phi) is 7.52. The third kappa shape index (κ3) is 5.82. The maximum Gasteiger partial charge on any atom is 0.325 e. The topological polar surface area (TPSA) is 97.9 Å². The summed E-state index contributed by atoms with van der Waals surface area (Å²) in [7, 11) is -1.88. The van der Waals surface area contributed by atoms with Crippen LogP contribution >= 0.6 is 0 Å². The Morgan fingerprint density at radius 2 is 2.00 bits per heavy atom. The minimum atomic E-state index is -1.88. The van der Waals surface area contributed by atoms with Crippen molar-refractivity contribution < 1.29 is 23.5 Å². The van der Waals surface area contributed by atoms with Gasteiger partial charge in [0.15, 0.2) is 8.32 Å². The van der Waals surface area contributed by atoms with Gasteiger partial charge in [-0.2, -0.15) is 0 Å². The molecule has 3 N–H and O–H groups in total. The normalized spacial score (nSPS) is 22.4. The van der Waals surface area contributed by atoms with Gasteiger partial charge >= 0.3 is 12.0 Å². The quantitative estimate of drug-likeness (QED) is 0.421. The number of rotatable bonds is 7. The van der Waals surface area contributed by atoms with Crippen molar-refractivity contribution in [1.82, 2.24) is 10.6 Å². The molecule has 2 heterocycles. The molecule has 1 saturated heterocycles. The van der Waals surface area contributed by atoms with E-state index >= 15 is 0 Å². The summed E-state index contributed by atoms with van der Waals surface area (Å²) in [6.07, 6.45) is 0.932. The van der Waals surface area contributed by atoms with E-state index < -0.39 is 20.3 Å². The molecule has 32 heavy (non-hydrogen) atoms. The standard InChI is InChI=1S/C23H37N3O5Si/c1-7-29-21(27)13-25-22(28)24-12-15-8-9-17-16(10-15)19-11-18(26-17)20(14-30-19)31-32(5,6)23(2,3)4/h8-10,18-20,26H,7,11-14H2,1-6H3,(H2,24,25,28)/t18-,19-,20-/m1/s1. The summed E-state index contributed by atoms with van der Waals surface area (Å²) >= 11 is 0. The van der Waals surface area contributed by atoms with Crippen LogP contribution in [0.3, 0.4) is 0 Å². The van der Waals surface area contributed by atoms with Crippen LogP contribution in [0, 0.1) is 0 Å². The van der Waals surface area contributed by atoms with E-state index in [1.165, 1.54) is 0 Å². The molecule has 0 unspecified atom stereocenters. The summed E-state index contributed by atoms with van der Waals surface area (Å²) in [5.74, 6) is -0.456. The van der Waals surface area contributed by atoms with Gasteiger partial charge in [0.2, 0.25) is 0 Å². The Hall–Kier alpha value is -2.10. The van der Waals surface area contributed by atoms with Gasteiger partial charge < -0.3 is 29.9 Å². The van der Waals surface area contributed by atoms with E-state index in [1.54, 1.807) is 6.92 Å². The molecule has 0 spiro atoms. The number of nitrogens with one attached hydrogen (secondary N) is 3. The van der Waals surface area contributed by atoms with Gasteiger partial charge in [0.1, 0.15) is 6.54 Å². The number of hydrogen-bond acceptors (Lipinski definition) is 6. The Morgan fingerprint density at radius 1 is 1.25 bits per heavy atom. The first-order chi connectivity index (χ1) is 15.0. The maximum absolute atomic E-state index is 11.9. The Bertz CT molecular complexity index is 839. The summed E-state index contributed by atoms with van der Waals surface area (Å²) in [6.45, 7) is 14.1. The summed E-state index contributed by atoms with van der Waals surface area (Å²) in [6, 6.07) is 5.92. The first-order valence-electron chi connectivity index (χ1n) is 11.4. The fraction of sp³-hybridized carbons (Fsp3) is 0.652. The average Bonchev–Trinajstić information content (AvgIpc) is 2.72. The third-order valence-corrected chi connectivity index (χ3v) is 11.1. The lowest BCUT2D eigenvalue weighted by molar-refractivity contribution is -0.141. The lowest BCUT2D eigenvalue weighted by Crippen LogP contribution is -2.54. The second kappa shape index (κ2) is 9.80. The maximum atomic E-state index is 11.9. The second-order valence-electron chi connectivity index (χ2n) is 9.99. The number of urea groups is 1. The largest absolute Gasteiger partial charge is 0.465 e. The van der Waals surface area contributed by atoms with Crippen molar-refractivity contribution in [3.8, 4) is 0 Å². The number of carbonyl (C=O) groups is 2. The average molecular weight is 464 g/mol. The van der Waals surface area contributed by atoms with Crippen molar-refractivity contribution in [3.05, 3.63) is 29.3 Å². The van der Waals surface area contributed by atoms with Crippen molar-refractivity contribution in [2.75, 3.05) is 25.1 Å². The highest BCUT2D eigenvalue weighted by Crippen LogP contribution is 2.43. The molecule has 2 bridgehead atoms. The summed E-state index contributed by atoms with van der Waals surface area (Å²) in [5.41, 5.74) is 3.14. The van der Waals surface area contributed by atoms with Gasteiger partial charge in [-0.3, -0.25) is 4.79 Å². The van der Waals surface area contributed by atoms with Crippen molar-refractivity contribution >= 4 is 26.0 Å². The van der Waals surface area contributed by atoms with E-state index in [0.29, 0.717) is 19.8 Å². The van der Waals surface area contributed by atoms with Crippen LogP contribution in [0.15, 0.2) is 18.2 Å². The molecule has 0 aromatic heterocycles. The van der Waals surface area contributed by atoms with E-state index in [9.17, 15) is 9.59 Å². The van der Waals surface area contributed by atoms with E-state index in [0.717, 1.165) is 23.2 Å². The number of carbonyl (C=O) groups excluding carboxylic acids is 2. The minimum absolute atomic E-state index is 0.0214. The van der Waals surface area contributed by atoms with Crippen LogP contribution < -0.4 is 16.0 Å². The van der Waals surface area contributed by atoms with Crippen molar-refractivity contribution in [1.29, 1.82) is 0 Å². The van der Waals surface area contributed by atoms with Crippen molar-refractivity contribution in [2.45, 2.75) is 77.0 Å². The van der Waals surface area contributed by atoms with Crippen LogP contribution in [0.4, 0.5) is 10.5 Å². The third-order valence-electron chi connectivity index (χ3n) is 6.59. The molecule has 3 atom stereocenters. The van der Waals surface area contributed by atoms with Gasteiger partial charge in [0.25, 0.3) is 0 Å². The minimum Gasteiger partial charge on any atom is -0.465 e. The smallest absolute Gasteiger partial charge is 0.325 e. The highest BCUT2D eigenvalue weighted by Gasteiger charge is 2.44. The SMILES string of the molecule is CCOC(=O)CNC(=O)NCc1ccc2c(c1)[C@H]1C[C@@H](N2)[C@H](O[Si](C)(C)C(C)(C)C)CO1. The Balaban J connectivity index is 1.58. The second-order valence-corrected chi connectivity index (χ2v) is 14.7. The number of ether oxygens (including phenoxy) is 2. The number of benzene rings is 1. The molecule has 2 aliphatic heterocycles. The number of esters is 1. The van der Waals surface area contributed by atoms with Crippen molar-refractivity contribution in [3.63, 3.8) is 0 Å². The van der Waals surface area contributed by atoms with E-state index in [-0.39, 0.29) is 29.8 Å². The molecule has 2 amide bonds. The number of fused-ring (bicyclic) bond motifs is 4.